The minimum absolute atomic E-state index is 0.00117. The number of anilines is 1. The molecule has 1 fully saturated rings. The summed E-state index contributed by atoms with van der Waals surface area (Å²) in [6.07, 6.45) is 5.56. The third-order valence-electron chi connectivity index (χ3n) is 5.79. The van der Waals surface area contributed by atoms with Gasteiger partial charge in [0.25, 0.3) is 0 Å². The van der Waals surface area contributed by atoms with Gasteiger partial charge in [-0.1, -0.05) is 30.3 Å². The van der Waals surface area contributed by atoms with Crippen molar-refractivity contribution in [2.45, 2.75) is 30.7 Å². The molecule has 0 unspecified atom stereocenters. The first-order chi connectivity index (χ1) is 14.1. The molecule has 0 aliphatic carbocycles. The van der Waals surface area contributed by atoms with E-state index in [9.17, 15) is 4.79 Å². The first-order valence-corrected chi connectivity index (χ1v) is 10.7. The standard InChI is InChI=1S/C22H25N5OS/c23-18(14-16-6-10-25-11-7-16)20(28)27-12-8-22(9-13-27,17-4-2-1-3-5-17)19-15-29-21(24)26-19/h1-7,10-11,15,18H,8-9,12-14,23H2,(H2,24,26)/t18-/m0/s1. The van der Waals surface area contributed by atoms with Gasteiger partial charge in [0.2, 0.25) is 5.91 Å². The van der Waals surface area contributed by atoms with Crippen LogP contribution in [0.3, 0.4) is 0 Å². The summed E-state index contributed by atoms with van der Waals surface area (Å²) in [6.45, 7) is 1.30. The molecule has 150 valence electrons. The smallest absolute Gasteiger partial charge is 0.239 e. The lowest BCUT2D eigenvalue weighted by molar-refractivity contribution is -0.134. The Kier molecular flexibility index (Phi) is 5.60. The topological polar surface area (TPSA) is 98.1 Å². The molecule has 3 heterocycles. The number of benzene rings is 1. The van der Waals surface area contributed by atoms with E-state index < -0.39 is 6.04 Å². The van der Waals surface area contributed by atoms with E-state index >= 15 is 0 Å². The van der Waals surface area contributed by atoms with Crippen LogP contribution in [0.15, 0.2) is 60.2 Å². The number of pyridine rings is 1. The largest absolute Gasteiger partial charge is 0.375 e. The highest BCUT2D eigenvalue weighted by molar-refractivity contribution is 7.13. The second-order valence-corrected chi connectivity index (χ2v) is 8.40. The molecule has 2 aromatic heterocycles. The molecule has 1 amide bonds. The number of rotatable bonds is 5. The Morgan fingerprint density at radius 2 is 1.83 bits per heavy atom. The maximum Gasteiger partial charge on any atom is 0.239 e. The van der Waals surface area contributed by atoms with Crippen molar-refractivity contribution in [3.05, 3.63) is 77.1 Å². The molecule has 29 heavy (non-hydrogen) atoms. The van der Waals surface area contributed by atoms with Crippen LogP contribution in [0, 0.1) is 0 Å². The molecule has 1 aliphatic heterocycles. The van der Waals surface area contributed by atoms with Crippen LogP contribution in [0.2, 0.25) is 0 Å². The van der Waals surface area contributed by atoms with E-state index in [2.05, 4.69) is 39.6 Å². The molecular weight excluding hydrogens is 382 g/mol. The number of likely N-dealkylation sites (tertiary alicyclic amines) is 1. The van der Waals surface area contributed by atoms with Crippen LogP contribution in [-0.2, 0) is 16.6 Å². The average molecular weight is 408 g/mol. The van der Waals surface area contributed by atoms with Gasteiger partial charge in [-0.05, 0) is 42.5 Å². The molecule has 3 aromatic rings. The van der Waals surface area contributed by atoms with Crippen molar-refractivity contribution in [3.63, 3.8) is 0 Å². The third kappa shape index (κ3) is 4.02. The third-order valence-corrected chi connectivity index (χ3v) is 6.46. The molecule has 4 N–H and O–H groups in total. The fraction of sp³-hybridized carbons (Fsp3) is 0.318. The SMILES string of the molecule is Nc1nc(C2(c3ccccc3)CCN(C(=O)[C@@H](N)Cc3ccncc3)CC2)cs1. The number of thiazole rings is 1. The van der Waals surface area contributed by atoms with Crippen LogP contribution < -0.4 is 11.5 Å². The van der Waals surface area contributed by atoms with Gasteiger partial charge in [0.15, 0.2) is 5.13 Å². The van der Waals surface area contributed by atoms with Crippen molar-refractivity contribution < 1.29 is 4.79 Å². The van der Waals surface area contributed by atoms with E-state index in [1.165, 1.54) is 16.9 Å². The minimum Gasteiger partial charge on any atom is -0.375 e. The van der Waals surface area contributed by atoms with Gasteiger partial charge in [0, 0.05) is 36.3 Å². The predicted molar refractivity (Wildman–Crippen MR) is 115 cm³/mol. The summed E-state index contributed by atoms with van der Waals surface area (Å²) in [4.78, 5) is 23.5. The maximum atomic E-state index is 12.9. The zero-order valence-electron chi connectivity index (χ0n) is 16.2. The fourth-order valence-electron chi connectivity index (χ4n) is 4.16. The van der Waals surface area contributed by atoms with Gasteiger partial charge in [-0.15, -0.1) is 11.3 Å². The Labute approximate surface area is 174 Å². The molecule has 1 saturated heterocycles. The van der Waals surface area contributed by atoms with E-state index in [0.29, 0.717) is 24.6 Å². The summed E-state index contributed by atoms with van der Waals surface area (Å²) in [6, 6.07) is 13.7. The fourth-order valence-corrected chi connectivity index (χ4v) is 4.82. The maximum absolute atomic E-state index is 12.9. The zero-order chi connectivity index (χ0) is 20.3. The quantitative estimate of drug-likeness (QED) is 0.677. The van der Waals surface area contributed by atoms with Crippen LogP contribution in [0.25, 0.3) is 0 Å². The van der Waals surface area contributed by atoms with Crippen LogP contribution in [0.5, 0.6) is 0 Å². The Morgan fingerprint density at radius 1 is 1.14 bits per heavy atom. The lowest BCUT2D eigenvalue weighted by Crippen LogP contribution is -2.51. The summed E-state index contributed by atoms with van der Waals surface area (Å²) < 4.78 is 0. The average Bonchev–Trinajstić information content (AvgIpc) is 3.21. The molecule has 7 heteroatoms. The number of piperidine rings is 1. The summed E-state index contributed by atoms with van der Waals surface area (Å²) in [5.41, 5.74) is 15.2. The second-order valence-electron chi connectivity index (χ2n) is 7.51. The Hall–Kier alpha value is -2.77. The number of hydrogen-bond acceptors (Lipinski definition) is 6. The van der Waals surface area contributed by atoms with Crippen LogP contribution >= 0.6 is 11.3 Å². The lowest BCUT2D eigenvalue weighted by atomic mass is 9.70. The number of nitrogens with zero attached hydrogens (tertiary/aromatic N) is 3. The normalized spacial score (nSPS) is 17.1. The molecule has 0 bridgehead atoms. The van der Waals surface area contributed by atoms with E-state index in [4.69, 9.17) is 11.5 Å². The number of carbonyl (C=O) groups excluding carboxylic acids is 1. The highest BCUT2D eigenvalue weighted by atomic mass is 32.1. The molecule has 1 aromatic carbocycles. The highest BCUT2D eigenvalue weighted by Gasteiger charge is 2.41. The summed E-state index contributed by atoms with van der Waals surface area (Å²) in [7, 11) is 0. The Bertz CT molecular complexity index is 952. The van der Waals surface area contributed by atoms with Crippen molar-refractivity contribution >= 4 is 22.4 Å². The number of aromatic nitrogens is 2. The van der Waals surface area contributed by atoms with Gasteiger partial charge < -0.3 is 16.4 Å². The molecule has 0 saturated carbocycles. The molecule has 0 spiro atoms. The van der Waals surface area contributed by atoms with Crippen molar-refractivity contribution in [2.24, 2.45) is 5.73 Å². The summed E-state index contributed by atoms with van der Waals surface area (Å²) in [5, 5.41) is 2.63. The van der Waals surface area contributed by atoms with Gasteiger partial charge in [-0.3, -0.25) is 9.78 Å². The van der Waals surface area contributed by atoms with Crippen LogP contribution in [-0.4, -0.2) is 39.9 Å². The number of nitrogen functional groups attached to an aromatic ring is 1. The first kappa shape index (κ1) is 19.5. The zero-order valence-corrected chi connectivity index (χ0v) is 17.0. The highest BCUT2D eigenvalue weighted by Crippen LogP contribution is 2.42. The van der Waals surface area contributed by atoms with E-state index in [1.807, 2.05) is 23.1 Å². The number of hydrogen-bond donors (Lipinski definition) is 2. The molecule has 1 aliphatic rings. The Balaban J connectivity index is 1.50. The van der Waals surface area contributed by atoms with Crippen molar-refractivity contribution in [3.8, 4) is 0 Å². The lowest BCUT2D eigenvalue weighted by Gasteiger charge is -2.42. The Morgan fingerprint density at radius 3 is 2.45 bits per heavy atom. The van der Waals surface area contributed by atoms with Crippen LogP contribution in [0.4, 0.5) is 5.13 Å². The number of carbonyl (C=O) groups is 1. The van der Waals surface area contributed by atoms with E-state index in [0.717, 1.165) is 24.1 Å². The van der Waals surface area contributed by atoms with Crippen molar-refractivity contribution in [1.82, 2.24) is 14.9 Å². The summed E-state index contributed by atoms with van der Waals surface area (Å²) in [5.74, 6) is 0.00117. The van der Waals surface area contributed by atoms with Gasteiger partial charge in [-0.2, -0.15) is 0 Å². The molecule has 4 rings (SSSR count). The second kappa shape index (κ2) is 8.31. The first-order valence-electron chi connectivity index (χ1n) is 9.79. The molecule has 0 radical (unpaired) electrons. The van der Waals surface area contributed by atoms with Gasteiger partial charge >= 0.3 is 0 Å². The number of amides is 1. The molecule has 6 nitrogen and oxygen atoms in total. The van der Waals surface area contributed by atoms with Crippen LogP contribution in [0.1, 0.15) is 29.7 Å². The number of nitrogens with two attached hydrogens (primary N) is 2. The monoisotopic (exact) mass is 407 g/mol. The van der Waals surface area contributed by atoms with Gasteiger partial charge in [-0.25, -0.2) is 4.98 Å². The van der Waals surface area contributed by atoms with Gasteiger partial charge in [0.05, 0.1) is 11.7 Å². The van der Waals surface area contributed by atoms with E-state index in [-0.39, 0.29) is 11.3 Å². The van der Waals surface area contributed by atoms with Crippen molar-refractivity contribution in [1.29, 1.82) is 0 Å². The molecular formula is C22H25N5OS. The van der Waals surface area contributed by atoms with E-state index in [1.54, 1.807) is 12.4 Å². The summed E-state index contributed by atoms with van der Waals surface area (Å²) >= 11 is 1.47. The van der Waals surface area contributed by atoms with Crippen molar-refractivity contribution in [2.75, 3.05) is 18.8 Å². The minimum atomic E-state index is -0.545. The molecule has 1 atom stereocenters. The predicted octanol–water partition coefficient (Wildman–Crippen LogP) is 2.60. The van der Waals surface area contributed by atoms with Gasteiger partial charge in [0.1, 0.15) is 0 Å².